The number of rotatable bonds is 6. The highest BCUT2D eigenvalue weighted by atomic mass is 35.5. The zero-order valence-corrected chi connectivity index (χ0v) is 21.2. The van der Waals surface area contributed by atoms with E-state index in [1.54, 1.807) is 18.9 Å². The van der Waals surface area contributed by atoms with Crippen LogP contribution in [0.3, 0.4) is 0 Å². The SMILES string of the molecule is COc1ccc(-n2c(SCc3c(C)noc3C)nnc2-c2ccc(C(C)(C)C)cc2)cc1Cl. The Morgan fingerprint density at radius 3 is 2.36 bits per heavy atom. The number of ether oxygens (including phenoxy) is 1. The molecule has 0 aliphatic rings. The number of nitrogens with zero attached hydrogens (tertiary/aromatic N) is 4. The van der Waals surface area contributed by atoms with Gasteiger partial charge in [0.05, 0.1) is 23.5 Å². The molecule has 0 saturated heterocycles. The first kappa shape index (κ1) is 23.4. The third-order valence-electron chi connectivity index (χ3n) is 5.56. The lowest BCUT2D eigenvalue weighted by molar-refractivity contribution is 0.392. The van der Waals surface area contributed by atoms with E-state index in [9.17, 15) is 0 Å². The summed E-state index contributed by atoms with van der Waals surface area (Å²) < 4.78 is 12.7. The molecule has 4 rings (SSSR count). The van der Waals surface area contributed by atoms with E-state index in [2.05, 4.69) is 60.4 Å². The van der Waals surface area contributed by atoms with E-state index in [1.165, 1.54) is 5.56 Å². The molecule has 6 nitrogen and oxygen atoms in total. The van der Waals surface area contributed by atoms with Gasteiger partial charge in [-0.25, -0.2) is 0 Å². The Bertz CT molecular complexity index is 1250. The second-order valence-electron chi connectivity index (χ2n) is 8.88. The van der Waals surface area contributed by atoms with Crippen molar-refractivity contribution in [3.63, 3.8) is 0 Å². The lowest BCUT2D eigenvalue weighted by Crippen LogP contribution is -2.10. The van der Waals surface area contributed by atoms with Gasteiger partial charge in [-0.05, 0) is 43.0 Å². The van der Waals surface area contributed by atoms with Gasteiger partial charge in [0.2, 0.25) is 0 Å². The van der Waals surface area contributed by atoms with Gasteiger partial charge in [-0.1, -0.05) is 73.6 Å². The lowest BCUT2D eigenvalue weighted by Gasteiger charge is -2.19. The molecular formula is C25H27ClN4O2S. The van der Waals surface area contributed by atoms with Crippen LogP contribution in [0.4, 0.5) is 0 Å². The number of aromatic nitrogens is 4. The molecule has 0 amide bonds. The van der Waals surface area contributed by atoms with Crippen molar-refractivity contribution in [2.45, 2.75) is 50.9 Å². The summed E-state index contributed by atoms with van der Waals surface area (Å²) in [5.74, 6) is 2.86. The van der Waals surface area contributed by atoms with Gasteiger partial charge in [0, 0.05) is 16.9 Å². The summed E-state index contributed by atoms with van der Waals surface area (Å²) in [6, 6.07) is 14.2. The molecule has 172 valence electrons. The molecule has 8 heteroatoms. The lowest BCUT2D eigenvalue weighted by atomic mass is 9.87. The van der Waals surface area contributed by atoms with Crippen LogP contribution in [0.15, 0.2) is 52.1 Å². The molecule has 2 aromatic heterocycles. The number of aryl methyl sites for hydroxylation is 2. The molecule has 0 bridgehead atoms. The molecule has 0 saturated carbocycles. The van der Waals surface area contributed by atoms with Gasteiger partial charge in [0.25, 0.3) is 0 Å². The fourth-order valence-electron chi connectivity index (χ4n) is 3.54. The first-order valence-corrected chi connectivity index (χ1v) is 12.0. The first-order valence-electron chi connectivity index (χ1n) is 10.6. The summed E-state index contributed by atoms with van der Waals surface area (Å²) in [4.78, 5) is 0. The van der Waals surface area contributed by atoms with E-state index in [1.807, 2.05) is 36.6 Å². The summed E-state index contributed by atoms with van der Waals surface area (Å²) in [6.07, 6.45) is 0. The van der Waals surface area contributed by atoms with E-state index in [0.29, 0.717) is 16.5 Å². The van der Waals surface area contributed by atoms with Gasteiger partial charge in [0.1, 0.15) is 11.5 Å². The summed E-state index contributed by atoms with van der Waals surface area (Å²) in [5, 5.41) is 14.4. The van der Waals surface area contributed by atoms with E-state index in [4.69, 9.17) is 20.9 Å². The van der Waals surface area contributed by atoms with Crippen LogP contribution < -0.4 is 4.74 Å². The van der Waals surface area contributed by atoms with Crippen LogP contribution in [0.2, 0.25) is 5.02 Å². The predicted octanol–water partition coefficient (Wildman–Crippen LogP) is 6.79. The molecule has 0 unspecified atom stereocenters. The van der Waals surface area contributed by atoms with Crippen LogP contribution in [0.5, 0.6) is 5.75 Å². The molecule has 4 aromatic rings. The first-order chi connectivity index (χ1) is 15.7. The fourth-order valence-corrected chi connectivity index (χ4v) is 4.90. The number of methoxy groups -OCH3 is 1. The Morgan fingerprint density at radius 2 is 1.79 bits per heavy atom. The van der Waals surface area contributed by atoms with Crippen LogP contribution in [0.25, 0.3) is 17.1 Å². The van der Waals surface area contributed by atoms with Crippen LogP contribution in [0.1, 0.15) is 43.4 Å². The maximum Gasteiger partial charge on any atom is 0.196 e. The molecule has 0 radical (unpaired) electrons. The van der Waals surface area contributed by atoms with Crippen molar-refractivity contribution >= 4 is 23.4 Å². The molecule has 33 heavy (non-hydrogen) atoms. The zero-order valence-electron chi connectivity index (χ0n) is 19.6. The van der Waals surface area contributed by atoms with Crippen LogP contribution >= 0.6 is 23.4 Å². The van der Waals surface area contributed by atoms with Crippen molar-refractivity contribution < 1.29 is 9.26 Å². The van der Waals surface area contributed by atoms with Gasteiger partial charge >= 0.3 is 0 Å². The summed E-state index contributed by atoms with van der Waals surface area (Å²) in [5.41, 5.74) is 5.13. The topological polar surface area (TPSA) is 66.0 Å². The minimum atomic E-state index is 0.0745. The maximum atomic E-state index is 6.46. The van der Waals surface area contributed by atoms with Crippen LogP contribution in [-0.2, 0) is 11.2 Å². The van der Waals surface area contributed by atoms with Crippen molar-refractivity contribution in [2.24, 2.45) is 0 Å². The van der Waals surface area contributed by atoms with E-state index in [0.717, 1.165) is 39.2 Å². The monoisotopic (exact) mass is 482 g/mol. The Labute approximate surface area is 203 Å². The Hall–Kier alpha value is -2.77. The molecule has 0 N–H and O–H groups in total. The van der Waals surface area contributed by atoms with Gasteiger partial charge in [-0.3, -0.25) is 4.57 Å². The minimum absolute atomic E-state index is 0.0745. The predicted molar refractivity (Wildman–Crippen MR) is 133 cm³/mol. The van der Waals surface area contributed by atoms with E-state index < -0.39 is 0 Å². The third-order valence-corrected chi connectivity index (χ3v) is 6.81. The largest absolute Gasteiger partial charge is 0.495 e. The average molecular weight is 483 g/mol. The number of hydrogen-bond donors (Lipinski definition) is 0. The maximum absolute atomic E-state index is 6.46. The second kappa shape index (κ2) is 9.23. The molecule has 0 spiro atoms. The number of thioether (sulfide) groups is 1. The molecule has 0 aliphatic heterocycles. The zero-order chi connectivity index (χ0) is 23.8. The minimum Gasteiger partial charge on any atom is -0.495 e. The molecule has 0 atom stereocenters. The van der Waals surface area contributed by atoms with Crippen LogP contribution in [-0.4, -0.2) is 27.0 Å². The van der Waals surface area contributed by atoms with E-state index >= 15 is 0 Å². The molecule has 0 fully saturated rings. The average Bonchev–Trinajstić information content (AvgIpc) is 3.34. The van der Waals surface area contributed by atoms with Crippen molar-refractivity contribution in [2.75, 3.05) is 7.11 Å². The van der Waals surface area contributed by atoms with Gasteiger partial charge in [-0.15, -0.1) is 10.2 Å². The van der Waals surface area contributed by atoms with Crippen molar-refractivity contribution in [1.82, 2.24) is 19.9 Å². The normalized spacial score (nSPS) is 11.7. The van der Waals surface area contributed by atoms with Crippen molar-refractivity contribution in [1.29, 1.82) is 0 Å². The Morgan fingerprint density at radius 1 is 1.06 bits per heavy atom. The van der Waals surface area contributed by atoms with Crippen molar-refractivity contribution in [3.8, 4) is 22.8 Å². The smallest absolute Gasteiger partial charge is 0.196 e. The number of hydrogen-bond acceptors (Lipinski definition) is 6. The molecule has 0 aliphatic carbocycles. The quantitative estimate of drug-likeness (QED) is 0.282. The molecule has 2 heterocycles. The third kappa shape index (κ3) is 4.80. The van der Waals surface area contributed by atoms with Gasteiger partial charge in [-0.2, -0.15) is 0 Å². The highest BCUT2D eigenvalue weighted by Gasteiger charge is 2.20. The van der Waals surface area contributed by atoms with Gasteiger partial charge in [0.15, 0.2) is 11.0 Å². The number of halogens is 1. The molecular weight excluding hydrogens is 456 g/mol. The number of benzene rings is 2. The second-order valence-corrected chi connectivity index (χ2v) is 10.2. The van der Waals surface area contributed by atoms with Gasteiger partial charge < -0.3 is 9.26 Å². The Balaban J connectivity index is 1.77. The van der Waals surface area contributed by atoms with Crippen LogP contribution in [0, 0.1) is 13.8 Å². The van der Waals surface area contributed by atoms with Crippen molar-refractivity contribution in [3.05, 3.63) is 70.1 Å². The molecule has 2 aromatic carbocycles. The summed E-state index contributed by atoms with van der Waals surface area (Å²) in [6.45, 7) is 10.5. The summed E-state index contributed by atoms with van der Waals surface area (Å²) in [7, 11) is 1.60. The summed E-state index contributed by atoms with van der Waals surface area (Å²) >= 11 is 8.04. The Kier molecular flexibility index (Phi) is 6.54. The highest BCUT2D eigenvalue weighted by Crippen LogP contribution is 2.34. The fraction of sp³-hybridized carbons (Fsp3) is 0.320. The standard InChI is InChI=1S/C25H27ClN4O2S/c1-15-20(16(2)32-29-15)14-33-24-28-27-23(17-7-9-18(10-8-17)25(3,4)5)30(24)19-11-12-22(31-6)21(26)13-19/h7-13H,14H2,1-6H3. The van der Waals surface area contributed by atoms with E-state index in [-0.39, 0.29) is 5.41 Å². The highest BCUT2D eigenvalue weighted by molar-refractivity contribution is 7.98.